The maximum absolute atomic E-state index is 4.63. The van der Waals surface area contributed by atoms with Crippen molar-refractivity contribution in [1.29, 1.82) is 0 Å². The summed E-state index contributed by atoms with van der Waals surface area (Å²) in [6.07, 6.45) is 6.13. The molecule has 0 aromatic carbocycles. The van der Waals surface area contributed by atoms with Gasteiger partial charge in [-0.3, -0.25) is 4.99 Å². The molecular weight excluding hydrogens is 218 g/mol. The molecule has 82 valence electrons. The van der Waals surface area contributed by atoms with Crippen molar-refractivity contribution in [2.75, 3.05) is 13.1 Å². The van der Waals surface area contributed by atoms with Crippen LogP contribution in [0.15, 0.2) is 40.5 Å². The number of fused-ring (bicyclic) bond motifs is 1. The summed E-state index contributed by atoms with van der Waals surface area (Å²) in [4.78, 5) is 11.3. The molecule has 0 bridgehead atoms. The van der Waals surface area contributed by atoms with E-state index < -0.39 is 0 Å². The lowest BCUT2D eigenvalue weighted by Crippen LogP contribution is -2.31. The zero-order valence-electron chi connectivity index (χ0n) is 9.02. The third kappa shape index (κ3) is 1.41. The summed E-state index contributed by atoms with van der Waals surface area (Å²) in [6.45, 7) is 5.68. The molecule has 0 radical (unpaired) electrons. The van der Waals surface area contributed by atoms with Crippen molar-refractivity contribution in [3.05, 3.63) is 40.5 Å². The Hall–Kier alpha value is -1.42. The molecule has 16 heavy (non-hydrogen) atoms. The Balaban J connectivity index is 2.00. The Morgan fingerprint density at radius 2 is 2.44 bits per heavy atom. The summed E-state index contributed by atoms with van der Waals surface area (Å²) < 4.78 is 0. The fourth-order valence-electron chi connectivity index (χ4n) is 2.28. The van der Waals surface area contributed by atoms with E-state index in [9.17, 15) is 0 Å². The first kappa shape index (κ1) is 9.78. The van der Waals surface area contributed by atoms with Gasteiger partial charge in [-0.1, -0.05) is 12.7 Å². The number of amidine groups is 1. The molecule has 3 rings (SSSR count). The number of aromatic nitrogens is 1. The first-order chi connectivity index (χ1) is 7.90. The van der Waals surface area contributed by atoms with Gasteiger partial charge in [0.25, 0.3) is 0 Å². The normalized spacial score (nSPS) is 19.8. The second-order valence-corrected chi connectivity index (χ2v) is 4.80. The van der Waals surface area contributed by atoms with Gasteiger partial charge in [0, 0.05) is 23.8 Å². The van der Waals surface area contributed by atoms with E-state index in [0.29, 0.717) is 0 Å². The minimum absolute atomic E-state index is 0.754. The van der Waals surface area contributed by atoms with Crippen LogP contribution in [-0.4, -0.2) is 28.8 Å². The van der Waals surface area contributed by atoms with Crippen molar-refractivity contribution in [2.24, 2.45) is 4.99 Å². The summed E-state index contributed by atoms with van der Waals surface area (Å²) in [5.74, 6) is 1.05. The third-order valence-electron chi connectivity index (χ3n) is 3.02. The molecule has 1 aromatic rings. The lowest BCUT2D eigenvalue weighted by molar-refractivity contribution is 0.570. The summed E-state index contributed by atoms with van der Waals surface area (Å²) in [5, 5.41) is 3.03. The van der Waals surface area contributed by atoms with E-state index in [4.69, 9.17) is 0 Å². The molecule has 2 aliphatic rings. The van der Waals surface area contributed by atoms with Gasteiger partial charge in [0.1, 0.15) is 0 Å². The first-order valence-electron chi connectivity index (χ1n) is 5.46. The highest BCUT2D eigenvalue weighted by atomic mass is 32.1. The zero-order valence-corrected chi connectivity index (χ0v) is 9.83. The van der Waals surface area contributed by atoms with Crippen LogP contribution in [0.4, 0.5) is 0 Å². The fraction of sp³-hybridized carbons (Fsp3) is 0.333. The number of nitrogens with zero attached hydrogens (tertiary/aromatic N) is 3. The molecule has 2 aliphatic heterocycles. The Kier molecular flexibility index (Phi) is 2.36. The van der Waals surface area contributed by atoms with E-state index in [1.54, 1.807) is 11.3 Å². The first-order valence-corrected chi connectivity index (χ1v) is 6.34. The highest BCUT2D eigenvalue weighted by Gasteiger charge is 2.28. The molecule has 1 saturated heterocycles. The van der Waals surface area contributed by atoms with Crippen molar-refractivity contribution < 1.29 is 0 Å². The van der Waals surface area contributed by atoms with E-state index in [-0.39, 0.29) is 0 Å². The number of thiazole rings is 1. The zero-order chi connectivity index (χ0) is 11.0. The maximum atomic E-state index is 4.63. The molecule has 4 heteroatoms. The van der Waals surface area contributed by atoms with Crippen LogP contribution in [0.3, 0.4) is 0 Å². The van der Waals surface area contributed by atoms with Gasteiger partial charge in [-0.2, -0.15) is 0 Å². The van der Waals surface area contributed by atoms with Crippen LogP contribution in [-0.2, 0) is 0 Å². The van der Waals surface area contributed by atoms with Crippen LogP contribution >= 0.6 is 11.3 Å². The van der Waals surface area contributed by atoms with E-state index in [0.717, 1.165) is 30.4 Å². The van der Waals surface area contributed by atoms with Crippen molar-refractivity contribution in [2.45, 2.75) is 12.8 Å². The molecule has 1 aromatic heterocycles. The number of rotatable bonds is 2. The van der Waals surface area contributed by atoms with Gasteiger partial charge in [-0.25, -0.2) is 4.98 Å². The van der Waals surface area contributed by atoms with Crippen LogP contribution in [0, 0.1) is 0 Å². The second-order valence-electron chi connectivity index (χ2n) is 3.91. The van der Waals surface area contributed by atoms with Crippen molar-refractivity contribution in [1.82, 2.24) is 9.88 Å². The average Bonchev–Trinajstić information content (AvgIpc) is 2.98. The molecule has 3 nitrogen and oxygen atoms in total. The highest BCUT2D eigenvalue weighted by molar-refractivity contribution is 7.11. The molecule has 0 N–H and O–H groups in total. The van der Waals surface area contributed by atoms with Crippen LogP contribution in [0.2, 0.25) is 0 Å². The van der Waals surface area contributed by atoms with Gasteiger partial charge in [0.15, 0.2) is 10.8 Å². The molecule has 1 fully saturated rings. The summed E-state index contributed by atoms with van der Waals surface area (Å²) in [6, 6.07) is 0. The summed E-state index contributed by atoms with van der Waals surface area (Å²) in [7, 11) is 0. The quantitative estimate of drug-likeness (QED) is 0.782. The fourth-order valence-corrected chi connectivity index (χ4v) is 2.93. The van der Waals surface area contributed by atoms with Crippen LogP contribution in [0.25, 0.3) is 0 Å². The summed E-state index contributed by atoms with van der Waals surface area (Å²) in [5.41, 5.74) is 2.67. The topological polar surface area (TPSA) is 28.5 Å². The monoisotopic (exact) mass is 231 g/mol. The van der Waals surface area contributed by atoms with Crippen molar-refractivity contribution >= 4 is 17.2 Å². The molecule has 0 atom stereocenters. The highest BCUT2D eigenvalue weighted by Crippen LogP contribution is 2.30. The van der Waals surface area contributed by atoms with Crippen LogP contribution < -0.4 is 0 Å². The van der Waals surface area contributed by atoms with Gasteiger partial charge in [0.05, 0.1) is 6.54 Å². The number of allylic oxidation sites excluding steroid dienone is 1. The van der Waals surface area contributed by atoms with Crippen molar-refractivity contribution in [3.63, 3.8) is 0 Å². The van der Waals surface area contributed by atoms with Gasteiger partial charge < -0.3 is 4.90 Å². The third-order valence-corrected chi connectivity index (χ3v) is 3.79. The summed E-state index contributed by atoms with van der Waals surface area (Å²) >= 11 is 1.66. The van der Waals surface area contributed by atoms with E-state index in [1.807, 2.05) is 17.7 Å². The number of hydrogen-bond donors (Lipinski definition) is 0. The van der Waals surface area contributed by atoms with Crippen LogP contribution in [0.5, 0.6) is 0 Å². The second kappa shape index (κ2) is 3.87. The van der Waals surface area contributed by atoms with Gasteiger partial charge in [-0.15, -0.1) is 11.3 Å². The minimum Gasteiger partial charge on any atom is -0.328 e. The smallest absolute Gasteiger partial charge is 0.165 e. The molecule has 0 spiro atoms. The lowest BCUT2D eigenvalue weighted by Gasteiger charge is -2.26. The Labute approximate surface area is 98.8 Å². The molecule has 0 aliphatic carbocycles. The predicted molar refractivity (Wildman–Crippen MR) is 66.7 cm³/mol. The standard InChI is InChI=1S/C12H13N3S/c1-2-9-8-14-11(12-13-5-7-16-12)15-6-3-4-10(9)15/h2,5,7H,1,3-4,6,8H2. The molecular formula is C12H13N3S. The molecule has 0 amide bonds. The Morgan fingerprint density at radius 1 is 1.50 bits per heavy atom. The van der Waals surface area contributed by atoms with Crippen LogP contribution in [0.1, 0.15) is 17.8 Å². The number of aliphatic imine (C=N–C) groups is 1. The van der Waals surface area contributed by atoms with Gasteiger partial charge >= 0.3 is 0 Å². The van der Waals surface area contributed by atoms with E-state index in [1.165, 1.54) is 17.7 Å². The van der Waals surface area contributed by atoms with Crippen molar-refractivity contribution in [3.8, 4) is 0 Å². The van der Waals surface area contributed by atoms with Gasteiger partial charge in [-0.05, 0) is 18.4 Å². The SMILES string of the molecule is C=CC1=C2CCCN2C(c2nccs2)=NC1. The minimum atomic E-state index is 0.754. The van der Waals surface area contributed by atoms with Gasteiger partial charge in [0.2, 0.25) is 0 Å². The Morgan fingerprint density at radius 3 is 3.19 bits per heavy atom. The Bertz CT molecular complexity index is 470. The largest absolute Gasteiger partial charge is 0.328 e. The average molecular weight is 231 g/mol. The molecule has 3 heterocycles. The van der Waals surface area contributed by atoms with E-state index in [2.05, 4.69) is 21.5 Å². The maximum Gasteiger partial charge on any atom is 0.165 e. The number of hydrogen-bond acceptors (Lipinski definition) is 4. The molecule has 0 saturated carbocycles. The lowest BCUT2D eigenvalue weighted by atomic mass is 10.1. The molecule has 0 unspecified atom stereocenters. The predicted octanol–water partition coefficient (Wildman–Crippen LogP) is 2.44. The van der Waals surface area contributed by atoms with E-state index >= 15 is 0 Å².